The molecular weight excluding hydrogens is 290 g/mol. The van der Waals surface area contributed by atoms with Crippen molar-refractivity contribution >= 4 is 19.8 Å². The highest BCUT2D eigenvalue weighted by Gasteiger charge is 2.07. The summed E-state index contributed by atoms with van der Waals surface area (Å²) in [6, 6.07) is 10.6. The Labute approximate surface area is 138 Å². The summed E-state index contributed by atoms with van der Waals surface area (Å²) in [7, 11) is 1.77. The van der Waals surface area contributed by atoms with E-state index >= 15 is 0 Å². The van der Waals surface area contributed by atoms with Crippen LogP contribution in [0.15, 0.2) is 41.5 Å². The van der Waals surface area contributed by atoms with Crippen molar-refractivity contribution in [1.29, 1.82) is 5.26 Å². The number of hydrazone groups is 1. The van der Waals surface area contributed by atoms with Crippen molar-refractivity contribution < 1.29 is 9.59 Å². The molecule has 1 aliphatic heterocycles. The van der Waals surface area contributed by atoms with Crippen molar-refractivity contribution in [3.63, 3.8) is 0 Å². The van der Waals surface area contributed by atoms with Gasteiger partial charge in [0.05, 0.1) is 6.07 Å². The third-order valence-corrected chi connectivity index (χ3v) is 2.91. The summed E-state index contributed by atoms with van der Waals surface area (Å²) in [6.45, 7) is 10.5. The lowest BCUT2D eigenvalue weighted by atomic mass is 10.0. The number of carbonyl (C=O) groups is 2. The normalized spacial score (nSPS) is 14.3. The van der Waals surface area contributed by atoms with E-state index in [9.17, 15) is 0 Å². The zero-order valence-electron chi connectivity index (χ0n) is 14.3. The van der Waals surface area contributed by atoms with Gasteiger partial charge in [-0.1, -0.05) is 43.7 Å². The molecule has 0 bridgehead atoms. The molecule has 0 amide bonds. The van der Waals surface area contributed by atoms with E-state index in [-0.39, 0.29) is 6.04 Å². The lowest BCUT2D eigenvalue weighted by Crippen LogP contribution is -2.25. The van der Waals surface area contributed by atoms with Crippen molar-refractivity contribution in [3.05, 3.63) is 47.5 Å². The molecule has 5 nitrogen and oxygen atoms in total. The Morgan fingerprint density at radius 1 is 1.17 bits per heavy atom. The molecule has 2 rings (SSSR count). The van der Waals surface area contributed by atoms with Crippen LogP contribution in [0.4, 0.5) is 0 Å². The number of nitrogens with zero attached hydrogens (tertiary/aromatic N) is 3. The minimum absolute atomic E-state index is 0.185. The van der Waals surface area contributed by atoms with Gasteiger partial charge in [-0.25, -0.2) is 0 Å². The zero-order valence-corrected chi connectivity index (χ0v) is 14.3. The molecule has 5 heteroatoms. The number of hydrogen-bond acceptors (Lipinski definition) is 5. The van der Waals surface area contributed by atoms with Gasteiger partial charge < -0.3 is 9.59 Å². The third kappa shape index (κ3) is 9.75. The van der Waals surface area contributed by atoms with Crippen LogP contribution < -0.4 is 0 Å². The largest absolute Gasteiger partial charge is 0.307 e. The first kappa shape index (κ1) is 22.5. The molecule has 1 heterocycles. The van der Waals surface area contributed by atoms with Gasteiger partial charge in [0.1, 0.15) is 13.6 Å². The van der Waals surface area contributed by atoms with Crippen LogP contribution in [0.5, 0.6) is 0 Å². The van der Waals surface area contributed by atoms with Crippen molar-refractivity contribution in [1.82, 2.24) is 5.01 Å². The molecule has 0 aromatic heterocycles. The lowest BCUT2D eigenvalue weighted by Gasteiger charge is -2.17. The van der Waals surface area contributed by atoms with Crippen LogP contribution in [0.1, 0.15) is 30.9 Å². The third-order valence-electron chi connectivity index (χ3n) is 2.91. The molecule has 0 fully saturated rings. The van der Waals surface area contributed by atoms with Gasteiger partial charge in [-0.15, -0.1) is 0 Å². The van der Waals surface area contributed by atoms with Crippen molar-refractivity contribution in [2.45, 2.75) is 32.7 Å². The fourth-order valence-corrected chi connectivity index (χ4v) is 1.57. The fourth-order valence-electron chi connectivity index (χ4n) is 1.57. The number of hydrogen-bond donors (Lipinski definition) is 0. The molecule has 0 spiro atoms. The Morgan fingerprint density at radius 2 is 1.70 bits per heavy atom. The van der Waals surface area contributed by atoms with Gasteiger partial charge in [-0.2, -0.15) is 10.4 Å². The lowest BCUT2D eigenvalue weighted by molar-refractivity contribution is -0.0987. The van der Waals surface area contributed by atoms with E-state index in [0.717, 1.165) is 0 Å². The number of benzene rings is 1. The Balaban J connectivity index is 0. The second kappa shape index (κ2) is 14.2. The summed E-state index contributed by atoms with van der Waals surface area (Å²) in [5, 5.41) is 13.9. The van der Waals surface area contributed by atoms with E-state index in [0.29, 0.717) is 5.92 Å². The fraction of sp³-hybridized carbons (Fsp3) is 0.333. The number of nitriles is 1. The minimum atomic E-state index is -0.185. The van der Waals surface area contributed by atoms with Crippen LogP contribution in [0, 0.1) is 18.3 Å². The maximum absolute atomic E-state index is 8.44. The maximum Gasteiger partial charge on any atom is 0.151 e. The van der Waals surface area contributed by atoms with Crippen LogP contribution in [-0.4, -0.2) is 37.9 Å². The van der Waals surface area contributed by atoms with Gasteiger partial charge >= 0.3 is 0 Å². The summed E-state index contributed by atoms with van der Waals surface area (Å²) in [5.74, 6) is 0.653. The van der Waals surface area contributed by atoms with E-state index in [4.69, 9.17) is 14.9 Å². The van der Waals surface area contributed by atoms with E-state index in [1.54, 1.807) is 30.4 Å². The number of likely N-dealkylation sites (N-methyl/N-ethyl adjacent to an activating group) is 1. The summed E-state index contributed by atoms with van der Waals surface area (Å²) in [5.41, 5.74) is 2.76. The van der Waals surface area contributed by atoms with Gasteiger partial charge in [0, 0.05) is 13.3 Å². The monoisotopic (exact) mass is 315 g/mol. The standard InChI is InChI=1S/C10H14.C6H7N3.2CH2O/c1-8(2)10-6-4-9(3)5-7-10;1-9-6(5-7)3-2-4-8-9;2*1-2/h4-8H,1-3H3;2-4,6H,1H3;2*1H2. The molecular formula is C18H25N3O2. The zero-order chi connectivity index (χ0) is 18.3. The highest BCUT2D eigenvalue weighted by atomic mass is 16.1. The topological polar surface area (TPSA) is 73.5 Å². The Hall–Kier alpha value is -2.74. The second-order valence-electron chi connectivity index (χ2n) is 4.86. The van der Waals surface area contributed by atoms with Crippen LogP contribution in [0.3, 0.4) is 0 Å². The molecule has 1 aliphatic rings. The van der Waals surface area contributed by atoms with E-state index in [2.05, 4.69) is 56.2 Å². The average molecular weight is 315 g/mol. The molecule has 23 heavy (non-hydrogen) atoms. The van der Waals surface area contributed by atoms with E-state index in [1.807, 2.05) is 13.6 Å². The molecule has 0 N–H and O–H groups in total. The molecule has 1 atom stereocenters. The van der Waals surface area contributed by atoms with Gasteiger partial charge in [-0.05, 0) is 30.6 Å². The Morgan fingerprint density at radius 3 is 2.04 bits per heavy atom. The molecule has 1 aromatic rings. The number of allylic oxidation sites excluding steroid dienone is 1. The van der Waals surface area contributed by atoms with Crippen molar-refractivity contribution in [2.75, 3.05) is 7.05 Å². The first-order valence-corrected chi connectivity index (χ1v) is 7.02. The molecule has 1 aromatic carbocycles. The van der Waals surface area contributed by atoms with Crippen LogP contribution in [0.25, 0.3) is 0 Å². The number of rotatable bonds is 1. The highest BCUT2D eigenvalue weighted by molar-refractivity contribution is 5.72. The predicted octanol–water partition coefficient (Wildman–Crippen LogP) is 3.11. The van der Waals surface area contributed by atoms with E-state index < -0.39 is 0 Å². The molecule has 0 saturated heterocycles. The number of carbonyl (C=O) groups excluding carboxylic acids is 2. The summed E-state index contributed by atoms with van der Waals surface area (Å²) in [6.07, 6.45) is 5.23. The predicted molar refractivity (Wildman–Crippen MR) is 94.3 cm³/mol. The maximum atomic E-state index is 8.44. The highest BCUT2D eigenvalue weighted by Crippen LogP contribution is 2.13. The van der Waals surface area contributed by atoms with Gasteiger partial charge in [0.25, 0.3) is 0 Å². The molecule has 124 valence electrons. The molecule has 0 saturated carbocycles. The SMILES string of the molecule is C=O.C=O.CN1N=CC=CC1C#N.Cc1ccc(C(C)C)cc1. The van der Waals surface area contributed by atoms with Gasteiger partial charge in [0.15, 0.2) is 6.04 Å². The van der Waals surface area contributed by atoms with Crippen LogP contribution >= 0.6 is 0 Å². The summed E-state index contributed by atoms with van der Waals surface area (Å²) >= 11 is 0. The van der Waals surface area contributed by atoms with E-state index in [1.165, 1.54) is 11.1 Å². The van der Waals surface area contributed by atoms with Gasteiger partial charge in [-0.3, -0.25) is 5.01 Å². The first-order valence-electron chi connectivity index (χ1n) is 7.02. The van der Waals surface area contributed by atoms with Gasteiger partial charge in [0.2, 0.25) is 0 Å². The van der Waals surface area contributed by atoms with Crippen LogP contribution in [-0.2, 0) is 9.59 Å². The summed E-state index contributed by atoms with van der Waals surface area (Å²) in [4.78, 5) is 16.0. The Bertz CT molecular complexity index is 514. The smallest absolute Gasteiger partial charge is 0.151 e. The average Bonchev–Trinajstić information content (AvgIpc) is 2.60. The minimum Gasteiger partial charge on any atom is -0.307 e. The van der Waals surface area contributed by atoms with Crippen molar-refractivity contribution in [2.24, 2.45) is 5.10 Å². The first-order chi connectivity index (χ1) is 11.0. The second-order valence-corrected chi connectivity index (χ2v) is 4.86. The molecule has 0 aliphatic carbocycles. The van der Waals surface area contributed by atoms with Crippen molar-refractivity contribution in [3.8, 4) is 6.07 Å². The molecule has 0 radical (unpaired) electrons. The molecule has 1 unspecified atom stereocenters. The summed E-state index contributed by atoms with van der Waals surface area (Å²) < 4.78 is 0. The Kier molecular flexibility index (Phi) is 13.9. The number of aryl methyl sites for hydroxylation is 1. The quantitative estimate of drug-likeness (QED) is 0.798. The van der Waals surface area contributed by atoms with Crippen LogP contribution in [0.2, 0.25) is 0 Å².